The Labute approximate surface area is 136 Å². The molecule has 0 bridgehead atoms. The Hall–Kier alpha value is -2.34. The van der Waals surface area contributed by atoms with Crippen molar-refractivity contribution in [3.63, 3.8) is 0 Å². The van der Waals surface area contributed by atoms with Gasteiger partial charge in [-0.25, -0.2) is 4.79 Å². The van der Waals surface area contributed by atoms with Crippen LogP contribution in [0.5, 0.6) is 5.75 Å². The molecule has 0 fully saturated rings. The van der Waals surface area contributed by atoms with Crippen LogP contribution in [0.25, 0.3) is 0 Å². The van der Waals surface area contributed by atoms with Gasteiger partial charge in [0.2, 0.25) is 0 Å². The average Bonchev–Trinajstić information content (AvgIpc) is 2.96. The van der Waals surface area contributed by atoms with Crippen molar-refractivity contribution in [1.82, 2.24) is 9.78 Å². The van der Waals surface area contributed by atoms with Gasteiger partial charge in [0.25, 0.3) is 0 Å². The van der Waals surface area contributed by atoms with Crippen molar-refractivity contribution < 1.29 is 19.0 Å². The molecule has 6 nitrogen and oxygen atoms in total. The lowest BCUT2D eigenvalue weighted by Gasteiger charge is -2.10. The summed E-state index contributed by atoms with van der Waals surface area (Å²) >= 11 is 0. The molecule has 0 amide bonds. The lowest BCUT2D eigenvalue weighted by atomic mass is 10.1. The molecule has 1 heterocycles. The van der Waals surface area contributed by atoms with Crippen molar-refractivity contribution in [2.75, 3.05) is 27.4 Å². The predicted molar refractivity (Wildman–Crippen MR) is 85.9 cm³/mol. The number of benzene rings is 1. The van der Waals surface area contributed by atoms with Crippen LogP contribution in [0.3, 0.4) is 0 Å². The van der Waals surface area contributed by atoms with Crippen molar-refractivity contribution in [2.45, 2.75) is 19.9 Å². The average molecular weight is 318 g/mol. The molecule has 0 spiro atoms. The van der Waals surface area contributed by atoms with Gasteiger partial charge in [0.05, 0.1) is 38.8 Å². The molecule has 0 saturated heterocycles. The van der Waals surface area contributed by atoms with Crippen molar-refractivity contribution >= 4 is 5.97 Å². The molecule has 6 heteroatoms. The second kappa shape index (κ2) is 8.33. The minimum absolute atomic E-state index is 0.339. The Bertz CT molecular complexity index is 635. The topological polar surface area (TPSA) is 62.6 Å². The number of esters is 1. The van der Waals surface area contributed by atoms with Gasteiger partial charge in [-0.15, -0.1) is 0 Å². The molecule has 2 aromatic rings. The second-order valence-corrected chi connectivity index (χ2v) is 4.97. The van der Waals surface area contributed by atoms with E-state index in [1.807, 2.05) is 28.9 Å². The van der Waals surface area contributed by atoms with Gasteiger partial charge in [0.15, 0.2) is 0 Å². The molecule has 0 radical (unpaired) electrons. The standard InChI is InChI=1S/C17H22N2O4/c1-4-23-17(20)15-11-18-19(16(15)9-10-21-2)12-13-5-7-14(22-3)8-6-13/h5-8,11H,4,9-10,12H2,1-3H3. The number of methoxy groups -OCH3 is 2. The highest BCUT2D eigenvalue weighted by atomic mass is 16.5. The number of hydrogen-bond acceptors (Lipinski definition) is 5. The summed E-state index contributed by atoms with van der Waals surface area (Å²) in [6.07, 6.45) is 2.16. The molecule has 1 aromatic heterocycles. The van der Waals surface area contributed by atoms with Gasteiger partial charge in [-0.05, 0) is 24.6 Å². The van der Waals surface area contributed by atoms with Gasteiger partial charge >= 0.3 is 5.97 Å². The minimum atomic E-state index is -0.348. The first kappa shape index (κ1) is 17.0. The zero-order chi connectivity index (χ0) is 16.7. The predicted octanol–water partition coefficient (Wildman–Crippen LogP) is 2.31. The van der Waals surface area contributed by atoms with E-state index in [9.17, 15) is 4.79 Å². The summed E-state index contributed by atoms with van der Waals surface area (Å²) in [7, 11) is 3.27. The molecule has 0 unspecified atom stereocenters. The van der Waals surface area contributed by atoms with Gasteiger partial charge in [0, 0.05) is 13.5 Å². The van der Waals surface area contributed by atoms with E-state index < -0.39 is 0 Å². The van der Waals surface area contributed by atoms with E-state index in [0.717, 1.165) is 17.0 Å². The SMILES string of the molecule is CCOC(=O)c1cnn(Cc2ccc(OC)cc2)c1CCOC. The Morgan fingerprint density at radius 3 is 2.57 bits per heavy atom. The summed E-state index contributed by atoms with van der Waals surface area (Å²) in [5.41, 5.74) is 2.39. The molecule has 0 saturated carbocycles. The van der Waals surface area contributed by atoms with Crippen molar-refractivity contribution in [1.29, 1.82) is 0 Å². The highest BCUT2D eigenvalue weighted by Gasteiger charge is 2.18. The maximum atomic E-state index is 12.0. The summed E-state index contributed by atoms with van der Waals surface area (Å²) < 4.78 is 17.2. The fourth-order valence-electron chi connectivity index (χ4n) is 2.29. The number of aromatic nitrogens is 2. The van der Waals surface area contributed by atoms with Crippen molar-refractivity contribution in [3.8, 4) is 5.75 Å². The first-order chi connectivity index (χ1) is 11.2. The maximum absolute atomic E-state index is 12.0. The molecule has 0 aliphatic heterocycles. The fourth-order valence-corrected chi connectivity index (χ4v) is 2.29. The molecular weight excluding hydrogens is 296 g/mol. The first-order valence-corrected chi connectivity index (χ1v) is 7.53. The molecule has 2 rings (SSSR count). The molecule has 0 aliphatic carbocycles. The quantitative estimate of drug-likeness (QED) is 0.699. The molecule has 124 valence electrons. The van der Waals surface area contributed by atoms with Crippen molar-refractivity contribution in [3.05, 3.63) is 47.3 Å². The number of carbonyl (C=O) groups excluding carboxylic acids is 1. The monoisotopic (exact) mass is 318 g/mol. The summed E-state index contributed by atoms with van der Waals surface area (Å²) in [6, 6.07) is 7.76. The molecule has 0 atom stereocenters. The van der Waals surface area contributed by atoms with Crippen LogP contribution in [-0.4, -0.2) is 43.2 Å². The molecule has 0 N–H and O–H groups in total. The van der Waals surface area contributed by atoms with Crippen LogP contribution in [0.4, 0.5) is 0 Å². The molecule has 1 aromatic carbocycles. The Morgan fingerprint density at radius 2 is 1.96 bits per heavy atom. The van der Waals surface area contributed by atoms with Crippen LogP contribution >= 0.6 is 0 Å². The second-order valence-electron chi connectivity index (χ2n) is 4.97. The summed E-state index contributed by atoms with van der Waals surface area (Å²) in [5, 5.41) is 4.34. The largest absolute Gasteiger partial charge is 0.497 e. The van der Waals surface area contributed by atoms with Gasteiger partial charge in [-0.1, -0.05) is 12.1 Å². The van der Waals surface area contributed by atoms with Crippen molar-refractivity contribution in [2.24, 2.45) is 0 Å². The highest BCUT2D eigenvalue weighted by molar-refractivity contribution is 5.90. The van der Waals surface area contributed by atoms with E-state index in [0.29, 0.717) is 31.7 Å². The van der Waals surface area contributed by atoms with E-state index in [1.54, 1.807) is 27.3 Å². The lowest BCUT2D eigenvalue weighted by molar-refractivity contribution is 0.0524. The number of hydrogen-bond donors (Lipinski definition) is 0. The van der Waals surface area contributed by atoms with Crippen LogP contribution in [0.2, 0.25) is 0 Å². The maximum Gasteiger partial charge on any atom is 0.341 e. The number of nitrogens with zero attached hydrogens (tertiary/aromatic N) is 2. The Kier molecular flexibility index (Phi) is 6.17. The number of rotatable bonds is 8. The summed E-state index contributed by atoms with van der Waals surface area (Å²) in [4.78, 5) is 12.0. The van der Waals surface area contributed by atoms with Crippen LogP contribution in [0.15, 0.2) is 30.5 Å². The Balaban J connectivity index is 2.23. The van der Waals surface area contributed by atoms with Gasteiger partial charge in [0.1, 0.15) is 11.3 Å². The Morgan fingerprint density at radius 1 is 1.22 bits per heavy atom. The van der Waals surface area contributed by atoms with Gasteiger partial charge < -0.3 is 14.2 Å². The van der Waals surface area contributed by atoms with Gasteiger partial charge in [-0.2, -0.15) is 5.10 Å². The number of ether oxygens (including phenoxy) is 3. The number of carbonyl (C=O) groups is 1. The smallest absolute Gasteiger partial charge is 0.341 e. The highest BCUT2D eigenvalue weighted by Crippen LogP contribution is 2.16. The summed E-state index contributed by atoms with van der Waals surface area (Å²) in [5.74, 6) is 0.459. The first-order valence-electron chi connectivity index (χ1n) is 7.53. The van der Waals surface area contributed by atoms with E-state index >= 15 is 0 Å². The van der Waals surface area contributed by atoms with E-state index in [2.05, 4.69) is 5.10 Å². The molecule has 0 aliphatic rings. The third-order valence-corrected chi connectivity index (χ3v) is 3.48. The fraction of sp³-hybridized carbons (Fsp3) is 0.412. The molecule has 23 heavy (non-hydrogen) atoms. The third kappa shape index (κ3) is 4.32. The van der Waals surface area contributed by atoms with Crippen LogP contribution in [0.1, 0.15) is 28.5 Å². The normalized spacial score (nSPS) is 10.6. The molecular formula is C17H22N2O4. The van der Waals surface area contributed by atoms with E-state index in [4.69, 9.17) is 14.2 Å². The van der Waals surface area contributed by atoms with Crippen LogP contribution < -0.4 is 4.74 Å². The third-order valence-electron chi connectivity index (χ3n) is 3.48. The van der Waals surface area contributed by atoms with Crippen LogP contribution in [0, 0.1) is 0 Å². The van der Waals surface area contributed by atoms with E-state index in [-0.39, 0.29) is 5.97 Å². The summed E-state index contributed by atoms with van der Waals surface area (Å²) in [6.45, 7) is 3.21. The van der Waals surface area contributed by atoms with E-state index in [1.165, 1.54) is 0 Å². The van der Waals surface area contributed by atoms with Crippen LogP contribution in [-0.2, 0) is 22.4 Å². The van der Waals surface area contributed by atoms with Gasteiger partial charge in [-0.3, -0.25) is 4.68 Å². The lowest BCUT2D eigenvalue weighted by Crippen LogP contribution is -2.13. The zero-order valence-electron chi connectivity index (χ0n) is 13.7. The zero-order valence-corrected chi connectivity index (χ0v) is 13.7. The minimum Gasteiger partial charge on any atom is -0.497 e.